The molecular formula is C26H34N8O10S2. The third-order valence-corrected chi connectivity index (χ3v) is 8.42. The Hall–Kier alpha value is -4.37. The van der Waals surface area contributed by atoms with Gasteiger partial charge >= 0.3 is 16.4 Å². The summed E-state index contributed by atoms with van der Waals surface area (Å²) in [4.78, 5) is 52.4. The van der Waals surface area contributed by atoms with E-state index in [1.54, 1.807) is 31.2 Å². The zero-order valence-corrected chi connectivity index (χ0v) is 26.6. The minimum Gasteiger partial charge on any atom is -0.489 e. The molecule has 2 aromatic rings. The highest BCUT2D eigenvalue weighted by molar-refractivity contribution is 7.80. The van der Waals surface area contributed by atoms with Gasteiger partial charge in [-0.05, 0) is 57.5 Å². The number of hydrogen-bond acceptors (Lipinski definition) is 14. The molecule has 2 aliphatic heterocycles. The fourth-order valence-electron chi connectivity index (χ4n) is 4.58. The van der Waals surface area contributed by atoms with Gasteiger partial charge in [0.05, 0.1) is 11.6 Å². The molecule has 8 N–H and O–H groups in total. The topological polar surface area (TPSA) is 270 Å². The van der Waals surface area contributed by atoms with Crippen molar-refractivity contribution >= 4 is 56.2 Å². The summed E-state index contributed by atoms with van der Waals surface area (Å²) >= 11 is 1.06. The van der Waals surface area contributed by atoms with Crippen LogP contribution in [0.1, 0.15) is 43.3 Å². The summed E-state index contributed by atoms with van der Waals surface area (Å²) in [6, 6.07) is 5.30. The molecule has 2 amide bonds. The van der Waals surface area contributed by atoms with Gasteiger partial charge < -0.3 is 36.8 Å². The molecule has 20 heteroatoms. The van der Waals surface area contributed by atoms with E-state index in [2.05, 4.69) is 30.0 Å². The molecule has 2 saturated heterocycles. The molecule has 1 aromatic heterocycles. The lowest BCUT2D eigenvalue weighted by molar-refractivity contribution is -0.218. The number of nitrogen functional groups attached to an aromatic ring is 1. The summed E-state index contributed by atoms with van der Waals surface area (Å²) in [6.07, 6.45) is -0.430. The molecule has 250 valence electrons. The zero-order chi connectivity index (χ0) is 33.8. The zero-order valence-electron chi connectivity index (χ0n) is 25.0. The Labute approximate surface area is 267 Å². The maximum atomic E-state index is 13.4. The summed E-state index contributed by atoms with van der Waals surface area (Å²) in [5, 5.41) is 19.7. The van der Waals surface area contributed by atoms with E-state index >= 15 is 0 Å². The molecule has 1 aromatic carbocycles. The van der Waals surface area contributed by atoms with Crippen LogP contribution in [0.5, 0.6) is 5.75 Å². The maximum absolute atomic E-state index is 13.4. The molecule has 3 heterocycles. The first-order valence-corrected chi connectivity index (χ1v) is 16.1. The Morgan fingerprint density at radius 2 is 2.00 bits per heavy atom. The van der Waals surface area contributed by atoms with E-state index in [-0.39, 0.29) is 16.9 Å². The minimum atomic E-state index is -5.02. The fraction of sp³-hybridized carbons (Fsp3) is 0.462. The third kappa shape index (κ3) is 8.07. The Balaban J connectivity index is 1.49. The lowest BCUT2D eigenvalue weighted by Crippen LogP contribution is -2.76. The number of hydrogen-bond donors (Lipinski definition) is 6. The van der Waals surface area contributed by atoms with Gasteiger partial charge in [-0.1, -0.05) is 12.1 Å². The number of nitrogens with zero attached hydrogens (tertiary/aromatic N) is 4. The van der Waals surface area contributed by atoms with Crippen LogP contribution in [-0.2, 0) is 40.3 Å². The average molecular weight is 683 g/mol. The molecule has 2 fully saturated rings. The molecule has 3 atom stereocenters. The number of carboxylic acid groups (broad SMARTS) is 1. The second-order valence-electron chi connectivity index (χ2n) is 10.7. The van der Waals surface area contributed by atoms with E-state index in [1.165, 1.54) is 13.8 Å². The van der Waals surface area contributed by atoms with Gasteiger partial charge in [-0.3, -0.25) is 19.1 Å². The van der Waals surface area contributed by atoms with Crippen molar-refractivity contribution in [1.29, 1.82) is 0 Å². The van der Waals surface area contributed by atoms with Gasteiger partial charge in [-0.2, -0.15) is 13.5 Å². The number of aliphatic imine (C=N–C) groups is 1. The molecule has 4 rings (SSSR count). The molecule has 0 bridgehead atoms. The third-order valence-electron chi connectivity index (χ3n) is 7.05. The highest BCUT2D eigenvalue weighted by Gasteiger charge is 2.58. The highest BCUT2D eigenvalue weighted by atomic mass is 32.3. The van der Waals surface area contributed by atoms with Gasteiger partial charge in [-0.25, -0.2) is 9.78 Å². The smallest absolute Gasteiger partial charge is 0.418 e. The van der Waals surface area contributed by atoms with Gasteiger partial charge in [0.1, 0.15) is 29.9 Å². The van der Waals surface area contributed by atoms with Crippen LogP contribution in [0, 0.1) is 0 Å². The van der Waals surface area contributed by atoms with Crippen molar-refractivity contribution in [3.8, 4) is 5.75 Å². The molecule has 0 radical (unpaired) electrons. The lowest BCUT2D eigenvalue weighted by atomic mass is 9.84. The summed E-state index contributed by atoms with van der Waals surface area (Å²) < 4.78 is 41.1. The van der Waals surface area contributed by atoms with Crippen LogP contribution in [0.4, 0.5) is 5.13 Å². The second-order valence-corrected chi connectivity index (χ2v) is 12.9. The van der Waals surface area contributed by atoms with Crippen molar-refractivity contribution in [1.82, 2.24) is 20.7 Å². The minimum absolute atomic E-state index is 0.00796. The van der Waals surface area contributed by atoms with Crippen molar-refractivity contribution in [2.24, 2.45) is 15.9 Å². The summed E-state index contributed by atoms with van der Waals surface area (Å²) in [6.45, 7) is 5.62. The normalized spacial score (nSPS) is 20.6. The Morgan fingerprint density at radius 3 is 2.57 bits per heavy atom. The van der Waals surface area contributed by atoms with Gasteiger partial charge in [-0.15, -0.1) is 15.6 Å². The summed E-state index contributed by atoms with van der Waals surface area (Å²) in [5.41, 5.74) is 10.7. The van der Waals surface area contributed by atoms with E-state index in [1.807, 2.05) is 0 Å². The number of β-lactam (4-membered cyclic amide) rings is 1. The van der Waals surface area contributed by atoms with E-state index in [0.29, 0.717) is 33.5 Å². The fourth-order valence-corrected chi connectivity index (χ4v) is 5.81. The van der Waals surface area contributed by atoms with Crippen molar-refractivity contribution in [2.45, 2.75) is 57.3 Å². The summed E-state index contributed by atoms with van der Waals surface area (Å²) in [7, 11) is -5.02. The van der Waals surface area contributed by atoms with Crippen molar-refractivity contribution in [3.05, 3.63) is 40.4 Å². The van der Waals surface area contributed by atoms with Crippen LogP contribution >= 0.6 is 11.3 Å². The van der Waals surface area contributed by atoms with E-state index in [4.69, 9.17) is 25.6 Å². The molecule has 0 aliphatic carbocycles. The predicted octanol–water partition coefficient (Wildman–Crippen LogP) is -0.552. The average Bonchev–Trinajstić information content (AvgIpc) is 3.64. The quantitative estimate of drug-likeness (QED) is 0.0480. The molecule has 0 saturated carbocycles. The molecular weight excluding hydrogens is 648 g/mol. The number of oxime groups is 1. The number of aromatic nitrogens is 1. The number of amidine groups is 1. The van der Waals surface area contributed by atoms with Crippen LogP contribution in [-0.4, -0.2) is 101 Å². The maximum Gasteiger partial charge on any atom is 0.418 e. The first-order chi connectivity index (χ1) is 21.6. The number of nitrogens with two attached hydrogens (primary N) is 2. The van der Waals surface area contributed by atoms with Gasteiger partial charge in [0.2, 0.25) is 0 Å². The van der Waals surface area contributed by atoms with Crippen LogP contribution < -0.4 is 26.8 Å². The first-order valence-electron chi connectivity index (χ1n) is 13.9. The number of hydroxylamine groups is 2. The molecule has 46 heavy (non-hydrogen) atoms. The number of ether oxygens (including phenoxy) is 1. The molecule has 2 aliphatic rings. The number of benzene rings is 1. The lowest BCUT2D eigenvalue weighted by Gasteiger charge is -2.50. The number of amides is 2. The van der Waals surface area contributed by atoms with Crippen molar-refractivity contribution < 1.29 is 46.3 Å². The van der Waals surface area contributed by atoms with Crippen molar-refractivity contribution in [3.63, 3.8) is 0 Å². The number of aryl methyl sites for hydroxylation is 1. The molecule has 18 nitrogen and oxygen atoms in total. The first kappa shape index (κ1) is 34.5. The highest BCUT2D eigenvalue weighted by Crippen LogP contribution is 2.33. The van der Waals surface area contributed by atoms with Gasteiger partial charge in [0, 0.05) is 17.0 Å². The number of rotatable bonds is 14. The standard InChI is InChI=1S/C26H34N8O10S2/c1-4-17-18(31-25(28)45-17)19(22(35)32-20-23(36)34(26(20,2)3)44-46(39,40)41)33-43-16(24(37)38)12-42-15-7-5-13(6-8-15)21(27)30-14-9-10-29-11-14/h5-8,14,16,20,29H,4,9-12H2,1-3H3,(H2,27,30)(H2,28,31)(H,32,35)(H,37,38)(H,39,40,41)/b33-19-/t14-,16?,20-/m1/s1. The Kier molecular flexibility index (Phi) is 10.5. The second kappa shape index (κ2) is 14.0. The number of nitrogens with one attached hydrogen (secondary N) is 2. The Bertz CT molecular complexity index is 1640. The van der Waals surface area contributed by atoms with Crippen LogP contribution in [0.3, 0.4) is 0 Å². The molecule has 1 unspecified atom stereocenters. The number of anilines is 1. The Morgan fingerprint density at radius 1 is 1.30 bits per heavy atom. The monoisotopic (exact) mass is 682 g/mol. The number of carbonyl (C=O) groups excluding carboxylic acids is 2. The number of carboxylic acids is 1. The van der Waals surface area contributed by atoms with Crippen LogP contribution in [0.25, 0.3) is 0 Å². The SMILES string of the molecule is CCc1sc(N)nc1/C(=N/OC(COc1ccc(C(N)=N[C@@H]2CCNC2)cc1)C(=O)O)C(=O)N[C@@H]1C(=O)N(OS(=O)(=O)O)C1(C)C. The number of carbonyl (C=O) groups is 3. The number of aliphatic carboxylic acids is 1. The van der Waals surface area contributed by atoms with Crippen LogP contribution in [0.15, 0.2) is 34.4 Å². The van der Waals surface area contributed by atoms with Crippen molar-refractivity contribution in [2.75, 3.05) is 25.4 Å². The van der Waals surface area contributed by atoms with E-state index < -0.39 is 58.2 Å². The van der Waals surface area contributed by atoms with Gasteiger partial charge in [0.25, 0.3) is 17.9 Å². The largest absolute Gasteiger partial charge is 0.489 e. The van der Waals surface area contributed by atoms with Crippen LogP contribution in [0.2, 0.25) is 0 Å². The number of thiazole rings is 1. The molecule has 0 spiro atoms. The predicted molar refractivity (Wildman–Crippen MR) is 164 cm³/mol. The van der Waals surface area contributed by atoms with Gasteiger partial charge in [0.15, 0.2) is 10.8 Å². The van der Waals surface area contributed by atoms with E-state index in [9.17, 15) is 27.9 Å². The van der Waals surface area contributed by atoms with E-state index in [0.717, 1.165) is 30.8 Å². The summed E-state index contributed by atoms with van der Waals surface area (Å²) in [5.74, 6) is -2.78.